The maximum absolute atomic E-state index is 14.1. The molecule has 30 heavy (non-hydrogen) atoms. The minimum Gasteiger partial charge on any atom is -0.415 e. The van der Waals surface area contributed by atoms with Crippen LogP contribution in [-0.2, 0) is 16.9 Å². The smallest absolute Gasteiger partial charge is 0.415 e. The Balaban J connectivity index is 1.84. The number of nitrogens with two attached hydrogens (primary N) is 1. The Kier molecular flexibility index (Phi) is 4.66. The number of halogens is 4. The van der Waals surface area contributed by atoms with Gasteiger partial charge in [0.2, 0.25) is 0 Å². The SMILES string of the molecule is Nc1nccn(Cc2cc3c(cc2Cl)[C@@](C#CC2CC2)(C(F)(F)F)OC(=O)N3)c1=O. The van der Waals surface area contributed by atoms with Gasteiger partial charge in [0.25, 0.3) is 11.2 Å². The lowest BCUT2D eigenvalue weighted by molar-refractivity contribution is -0.239. The van der Waals surface area contributed by atoms with Crippen molar-refractivity contribution in [2.24, 2.45) is 5.92 Å². The fourth-order valence-corrected chi connectivity index (χ4v) is 3.26. The number of hydrogen-bond donors (Lipinski definition) is 2. The van der Waals surface area contributed by atoms with Crippen molar-refractivity contribution in [3.05, 3.63) is 51.0 Å². The number of nitrogens with zero attached hydrogens (tertiary/aromatic N) is 2. The summed E-state index contributed by atoms with van der Waals surface area (Å²) < 4.78 is 48.1. The van der Waals surface area contributed by atoms with Crippen LogP contribution in [0, 0.1) is 17.8 Å². The van der Waals surface area contributed by atoms with Gasteiger partial charge in [-0.2, -0.15) is 13.2 Å². The van der Waals surface area contributed by atoms with Crippen molar-refractivity contribution in [2.45, 2.75) is 31.2 Å². The largest absolute Gasteiger partial charge is 0.445 e. The van der Waals surface area contributed by atoms with Crippen molar-refractivity contribution >= 4 is 29.2 Å². The topological polar surface area (TPSA) is 99.2 Å². The second-order valence-electron chi connectivity index (χ2n) is 6.97. The molecule has 156 valence electrons. The molecule has 1 aromatic heterocycles. The number of ether oxygens (including phenoxy) is 1. The average molecular weight is 439 g/mol. The Labute approximate surface area is 173 Å². The molecule has 2 aromatic rings. The first kappa shape index (κ1) is 20.1. The monoisotopic (exact) mass is 438 g/mol. The van der Waals surface area contributed by atoms with Gasteiger partial charge in [0.05, 0.1) is 12.2 Å². The summed E-state index contributed by atoms with van der Waals surface area (Å²) in [5, 5.41) is 2.20. The number of amides is 1. The number of fused-ring (bicyclic) bond motifs is 1. The highest BCUT2D eigenvalue weighted by Crippen LogP contribution is 2.48. The maximum atomic E-state index is 14.1. The lowest BCUT2D eigenvalue weighted by Gasteiger charge is -2.36. The summed E-state index contributed by atoms with van der Waals surface area (Å²) in [4.78, 5) is 27.7. The van der Waals surface area contributed by atoms with Crippen molar-refractivity contribution in [3.63, 3.8) is 0 Å². The first-order valence-electron chi connectivity index (χ1n) is 8.84. The van der Waals surface area contributed by atoms with Gasteiger partial charge in [0.1, 0.15) is 0 Å². The minimum absolute atomic E-state index is 0.0578. The van der Waals surface area contributed by atoms with Gasteiger partial charge in [0, 0.05) is 28.9 Å². The molecule has 1 aromatic carbocycles. The van der Waals surface area contributed by atoms with E-state index in [1.54, 1.807) is 0 Å². The van der Waals surface area contributed by atoms with E-state index in [1.165, 1.54) is 23.0 Å². The van der Waals surface area contributed by atoms with Crippen molar-refractivity contribution in [2.75, 3.05) is 11.1 Å². The Hall–Kier alpha value is -3.19. The van der Waals surface area contributed by atoms with E-state index < -0.39 is 29.0 Å². The number of hydrogen-bond acceptors (Lipinski definition) is 5. The van der Waals surface area contributed by atoms with Gasteiger partial charge in [0.15, 0.2) is 5.82 Å². The molecule has 4 rings (SSSR count). The van der Waals surface area contributed by atoms with Crippen LogP contribution in [0.3, 0.4) is 0 Å². The van der Waals surface area contributed by atoms with E-state index in [4.69, 9.17) is 22.1 Å². The summed E-state index contributed by atoms with van der Waals surface area (Å²) in [5.41, 5.74) is 1.50. The predicted octanol–water partition coefficient (Wildman–Crippen LogP) is 3.26. The molecule has 1 aliphatic carbocycles. The highest BCUT2D eigenvalue weighted by atomic mass is 35.5. The standard InChI is InChI=1S/C19H14ClF3N4O3/c20-13-8-12-14(7-11(13)9-27-6-5-25-15(24)16(27)28)26-17(29)30-18(12,19(21,22)23)4-3-10-1-2-10/h5-8,10H,1-2,9H2,(H2,24,25)(H,26,29)/t18-/m0/s1. The van der Waals surface area contributed by atoms with Gasteiger partial charge in [-0.3, -0.25) is 10.1 Å². The fraction of sp³-hybridized carbons (Fsp3) is 0.316. The van der Waals surface area contributed by atoms with Crippen LogP contribution in [0.15, 0.2) is 29.3 Å². The number of nitrogen functional groups attached to an aromatic ring is 1. The average Bonchev–Trinajstić information content (AvgIpc) is 3.48. The Morgan fingerprint density at radius 2 is 2.10 bits per heavy atom. The van der Waals surface area contributed by atoms with Crippen molar-refractivity contribution in [3.8, 4) is 11.8 Å². The summed E-state index contributed by atoms with van der Waals surface area (Å²) in [7, 11) is 0. The number of anilines is 2. The zero-order valence-electron chi connectivity index (χ0n) is 15.2. The molecule has 11 heteroatoms. The van der Waals surface area contributed by atoms with Gasteiger partial charge in [-0.1, -0.05) is 17.5 Å². The Morgan fingerprint density at radius 1 is 1.37 bits per heavy atom. The number of carbonyl (C=O) groups excluding carboxylic acids is 1. The van der Waals surface area contributed by atoms with Gasteiger partial charge in [-0.15, -0.1) is 0 Å². The van der Waals surface area contributed by atoms with Crippen molar-refractivity contribution in [1.29, 1.82) is 0 Å². The number of alkyl halides is 3. The van der Waals surface area contributed by atoms with Crippen LogP contribution in [0.25, 0.3) is 0 Å². The van der Waals surface area contributed by atoms with E-state index in [0.29, 0.717) is 12.8 Å². The summed E-state index contributed by atoms with van der Waals surface area (Å²) >= 11 is 6.25. The third-order valence-electron chi connectivity index (χ3n) is 4.76. The number of nitrogens with one attached hydrogen (secondary N) is 1. The van der Waals surface area contributed by atoms with Crippen LogP contribution in [-0.4, -0.2) is 21.8 Å². The molecule has 0 unspecified atom stereocenters. The Bertz CT molecular complexity index is 1160. The van der Waals surface area contributed by atoms with E-state index in [1.807, 2.05) is 0 Å². The van der Waals surface area contributed by atoms with Crippen LogP contribution in [0.2, 0.25) is 5.02 Å². The Morgan fingerprint density at radius 3 is 2.77 bits per heavy atom. The number of carbonyl (C=O) groups is 1. The maximum Gasteiger partial charge on any atom is 0.445 e. The molecule has 0 bridgehead atoms. The van der Waals surface area contributed by atoms with Crippen LogP contribution < -0.4 is 16.6 Å². The summed E-state index contributed by atoms with van der Waals surface area (Å²) in [6.45, 7) is -0.0961. The molecule has 0 spiro atoms. The normalized spacial score (nSPS) is 20.5. The molecule has 1 aliphatic heterocycles. The van der Waals surface area contributed by atoms with Crippen molar-refractivity contribution in [1.82, 2.24) is 9.55 Å². The van der Waals surface area contributed by atoms with Crippen LogP contribution >= 0.6 is 11.6 Å². The second kappa shape index (κ2) is 6.95. The number of rotatable bonds is 2. The summed E-state index contributed by atoms with van der Waals surface area (Å²) in [6, 6.07) is 2.32. The lowest BCUT2D eigenvalue weighted by Crippen LogP contribution is -2.49. The first-order chi connectivity index (χ1) is 14.1. The third-order valence-corrected chi connectivity index (χ3v) is 5.11. The predicted molar refractivity (Wildman–Crippen MR) is 102 cm³/mol. The number of aromatic nitrogens is 2. The zero-order chi connectivity index (χ0) is 21.7. The molecule has 0 radical (unpaired) electrons. The van der Waals surface area contributed by atoms with Gasteiger partial charge in [-0.25, -0.2) is 9.78 Å². The highest BCUT2D eigenvalue weighted by molar-refractivity contribution is 6.31. The van der Waals surface area contributed by atoms with Gasteiger partial charge < -0.3 is 15.0 Å². The van der Waals surface area contributed by atoms with Crippen LogP contribution in [0.5, 0.6) is 0 Å². The molecule has 3 N–H and O–H groups in total. The molecule has 0 saturated heterocycles. The van der Waals surface area contributed by atoms with Crippen molar-refractivity contribution < 1.29 is 22.7 Å². The number of cyclic esters (lactones) is 1. The van der Waals surface area contributed by atoms with E-state index in [-0.39, 0.29) is 34.6 Å². The lowest BCUT2D eigenvalue weighted by atomic mass is 9.89. The molecular formula is C19H14ClF3N4O3. The molecule has 1 fully saturated rings. The minimum atomic E-state index is -5.00. The molecule has 1 amide bonds. The molecule has 7 nitrogen and oxygen atoms in total. The van der Waals surface area contributed by atoms with E-state index in [2.05, 4.69) is 22.1 Å². The fourth-order valence-electron chi connectivity index (χ4n) is 3.04. The molecule has 2 aliphatic rings. The summed E-state index contributed by atoms with van der Waals surface area (Å²) in [5.74, 6) is 4.29. The number of benzene rings is 1. The molecule has 2 heterocycles. The molecule has 1 saturated carbocycles. The van der Waals surface area contributed by atoms with Gasteiger partial charge in [-0.05, 0) is 36.5 Å². The quantitative estimate of drug-likeness (QED) is 0.701. The molecular weight excluding hydrogens is 425 g/mol. The summed E-state index contributed by atoms with van der Waals surface area (Å²) in [6.07, 6.45) is -2.23. The van der Waals surface area contributed by atoms with E-state index >= 15 is 0 Å². The van der Waals surface area contributed by atoms with Crippen LogP contribution in [0.1, 0.15) is 24.0 Å². The van der Waals surface area contributed by atoms with E-state index in [0.717, 1.165) is 6.07 Å². The second-order valence-corrected chi connectivity index (χ2v) is 7.38. The van der Waals surface area contributed by atoms with Gasteiger partial charge >= 0.3 is 12.3 Å². The van der Waals surface area contributed by atoms with Crippen LogP contribution in [0.4, 0.5) is 29.5 Å². The highest BCUT2D eigenvalue weighted by Gasteiger charge is 2.62. The zero-order valence-corrected chi connectivity index (χ0v) is 16.0. The first-order valence-corrected chi connectivity index (χ1v) is 9.22. The molecule has 1 atom stereocenters. The third kappa shape index (κ3) is 3.45. The van der Waals surface area contributed by atoms with E-state index in [9.17, 15) is 22.8 Å².